The lowest BCUT2D eigenvalue weighted by molar-refractivity contribution is 0.511. The lowest BCUT2D eigenvalue weighted by atomic mass is 9.97. The van der Waals surface area contributed by atoms with Crippen LogP contribution in [-0.2, 0) is 10.0 Å². The first-order valence-electron chi connectivity index (χ1n) is 6.77. The first kappa shape index (κ1) is 16.6. The SMILES string of the molecule is CC(CNS(C)(=O)=O)c1ccc(-c2cccc(F)c2F)cc1. The Morgan fingerprint density at radius 2 is 1.73 bits per heavy atom. The van der Waals surface area contributed by atoms with Gasteiger partial charge >= 0.3 is 0 Å². The van der Waals surface area contributed by atoms with Crippen LogP contribution in [-0.4, -0.2) is 21.2 Å². The first-order chi connectivity index (χ1) is 10.3. The summed E-state index contributed by atoms with van der Waals surface area (Å²) >= 11 is 0. The molecule has 0 fully saturated rings. The van der Waals surface area contributed by atoms with Crippen LogP contribution in [0.4, 0.5) is 8.78 Å². The highest BCUT2D eigenvalue weighted by atomic mass is 32.2. The van der Waals surface area contributed by atoms with Crippen molar-refractivity contribution in [3.05, 3.63) is 59.7 Å². The Balaban J connectivity index is 2.18. The summed E-state index contributed by atoms with van der Waals surface area (Å²) in [5.41, 5.74) is 1.69. The Hall–Kier alpha value is -1.79. The summed E-state index contributed by atoms with van der Waals surface area (Å²) in [6.07, 6.45) is 1.11. The van der Waals surface area contributed by atoms with Gasteiger partial charge in [0, 0.05) is 12.1 Å². The van der Waals surface area contributed by atoms with Crippen LogP contribution < -0.4 is 4.72 Å². The van der Waals surface area contributed by atoms with Crippen molar-refractivity contribution < 1.29 is 17.2 Å². The minimum absolute atomic E-state index is 0.0267. The zero-order valence-corrected chi connectivity index (χ0v) is 13.1. The highest BCUT2D eigenvalue weighted by Crippen LogP contribution is 2.26. The van der Waals surface area contributed by atoms with E-state index >= 15 is 0 Å². The molecule has 0 amide bonds. The van der Waals surface area contributed by atoms with Crippen LogP contribution in [0.5, 0.6) is 0 Å². The molecule has 0 aliphatic heterocycles. The van der Waals surface area contributed by atoms with Crippen molar-refractivity contribution in [1.29, 1.82) is 0 Å². The van der Waals surface area contributed by atoms with Crippen LogP contribution in [0.25, 0.3) is 11.1 Å². The Labute approximate surface area is 129 Å². The third-order valence-electron chi connectivity index (χ3n) is 3.39. The van der Waals surface area contributed by atoms with Crippen molar-refractivity contribution >= 4 is 10.0 Å². The molecule has 0 spiro atoms. The van der Waals surface area contributed by atoms with Gasteiger partial charge in [-0.15, -0.1) is 0 Å². The van der Waals surface area contributed by atoms with E-state index in [0.29, 0.717) is 5.56 Å². The Morgan fingerprint density at radius 3 is 2.32 bits per heavy atom. The molecule has 0 aliphatic carbocycles. The lowest BCUT2D eigenvalue weighted by Crippen LogP contribution is -2.26. The topological polar surface area (TPSA) is 46.2 Å². The van der Waals surface area contributed by atoms with Gasteiger partial charge < -0.3 is 0 Å². The van der Waals surface area contributed by atoms with Gasteiger partial charge in [0.25, 0.3) is 0 Å². The molecule has 0 aromatic heterocycles. The molecule has 6 heteroatoms. The summed E-state index contributed by atoms with van der Waals surface area (Å²) in [6, 6.07) is 11.0. The average molecular weight is 325 g/mol. The highest BCUT2D eigenvalue weighted by molar-refractivity contribution is 7.88. The largest absolute Gasteiger partial charge is 0.215 e. The molecular weight excluding hydrogens is 308 g/mol. The number of hydrogen-bond donors (Lipinski definition) is 1. The fourth-order valence-corrected chi connectivity index (χ4v) is 2.66. The van der Waals surface area contributed by atoms with Crippen LogP contribution in [0.15, 0.2) is 42.5 Å². The Bertz CT molecular complexity index is 758. The molecule has 2 aromatic rings. The first-order valence-corrected chi connectivity index (χ1v) is 8.66. The van der Waals surface area contributed by atoms with E-state index in [1.54, 1.807) is 24.3 Å². The monoisotopic (exact) mass is 325 g/mol. The van der Waals surface area contributed by atoms with E-state index in [-0.39, 0.29) is 18.0 Å². The summed E-state index contributed by atoms with van der Waals surface area (Å²) in [5.74, 6) is -1.78. The number of nitrogens with one attached hydrogen (secondary N) is 1. The quantitative estimate of drug-likeness (QED) is 0.917. The van der Waals surface area contributed by atoms with E-state index in [1.807, 2.05) is 6.92 Å². The van der Waals surface area contributed by atoms with Gasteiger partial charge in [-0.1, -0.05) is 43.3 Å². The normalized spacial score (nSPS) is 13.1. The van der Waals surface area contributed by atoms with E-state index in [2.05, 4.69) is 4.72 Å². The summed E-state index contributed by atoms with van der Waals surface area (Å²) in [6.45, 7) is 2.17. The molecule has 1 unspecified atom stereocenters. The molecule has 22 heavy (non-hydrogen) atoms. The second-order valence-electron chi connectivity index (χ2n) is 5.25. The maximum atomic E-state index is 13.7. The fourth-order valence-electron chi connectivity index (χ4n) is 2.11. The molecule has 1 N–H and O–H groups in total. The average Bonchev–Trinajstić information content (AvgIpc) is 2.47. The third kappa shape index (κ3) is 4.11. The van der Waals surface area contributed by atoms with E-state index < -0.39 is 21.7 Å². The molecule has 0 radical (unpaired) electrons. The highest BCUT2D eigenvalue weighted by Gasteiger charge is 2.12. The van der Waals surface area contributed by atoms with Gasteiger partial charge in [-0.3, -0.25) is 0 Å². The van der Waals surface area contributed by atoms with Gasteiger partial charge in [0.15, 0.2) is 11.6 Å². The maximum absolute atomic E-state index is 13.7. The lowest BCUT2D eigenvalue weighted by Gasteiger charge is -2.13. The van der Waals surface area contributed by atoms with Gasteiger partial charge in [-0.25, -0.2) is 21.9 Å². The molecule has 0 bridgehead atoms. The van der Waals surface area contributed by atoms with Crippen molar-refractivity contribution in [1.82, 2.24) is 4.72 Å². The summed E-state index contributed by atoms with van der Waals surface area (Å²) < 4.78 is 51.6. The van der Waals surface area contributed by atoms with E-state index in [9.17, 15) is 17.2 Å². The van der Waals surface area contributed by atoms with Crippen LogP contribution in [0.3, 0.4) is 0 Å². The van der Waals surface area contributed by atoms with Gasteiger partial charge in [-0.05, 0) is 23.1 Å². The molecule has 0 heterocycles. The number of benzene rings is 2. The Kier molecular flexibility index (Phi) is 4.93. The fraction of sp³-hybridized carbons (Fsp3) is 0.250. The zero-order valence-electron chi connectivity index (χ0n) is 12.3. The van der Waals surface area contributed by atoms with Crippen LogP contribution in [0.1, 0.15) is 18.4 Å². The van der Waals surface area contributed by atoms with Gasteiger partial charge in [0.1, 0.15) is 0 Å². The molecule has 0 aliphatic rings. The van der Waals surface area contributed by atoms with E-state index in [1.165, 1.54) is 12.1 Å². The number of halogens is 2. The van der Waals surface area contributed by atoms with Gasteiger partial charge in [0.05, 0.1) is 6.26 Å². The molecule has 2 rings (SSSR count). The van der Waals surface area contributed by atoms with Gasteiger partial charge in [0.2, 0.25) is 10.0 Å². The van der Waals surface area contributed by atoms with Crippen LogP contribution in [0.2, 0.25) is 0 Å². The molecule has 2 aromatic carbocycles. The molecule has 1 atom stereocenters. The van der Waals surface area contributed by atoms with E-state index in [0.717, 1.165) is 17.9 Å². The molecular formula is C16H17F2NO2S. The van der Waals surface area contributed by atoms with Crippen molar-refractivity contribution in [3.63, 3.8) is 0 Å². The minimum atomic E-state index is -3.23. The van der Waals surface area contributed by atoms with Crippen LogP contribution in [0, 0.1) is 11.6 Å². The summed E-state index contributed by atoms with van der Waals surface area (Å²) in [4.78, 5) is 0. The van der Waals surface area contributed by atoms with Crippen molar-refractivity contribution in [3.8, 4) is 11.1 Å². The minimum Gasteiger partial charge on any atom is -0.215 e. The maximum Gasteiger partial charge on any atom is 0.208 e. The predicted octanol–water partition coefficient (Wildman–Crippen LogP) is 3.28. The molecule has 0 saturated carbocycles. The molecule has 0 saturated heterocycles. The molecule has 3 nitrogen and oxygen atoms in total. The van der Waals surface area contributed by atoms with Crippen molar-refractivity contribution in [2.75, 3.05) is 12.8 Å². The summed E-state index contributed by atoms with van der Waals surface area (Å²) in [7, 11) is -3.23. The zero-order chi connectivity index (χ0) is 16.3. The second-order valence-corrected chi connectivity index (χ2v) is 7.08. The Morgan fingerprint density at radius 1 is 1.09 bits per heavy atom. The predicted molar refractivity (Wildman–Crippen MR) is 83.1 cm³/mol. The number of sulfonamides is 1. The molecule has 118 valence electrons. The van der Waals surface area contributed by atoms with Crippen molar-refractivity contribution in [2.24, 2.45) is 0 Å². The smallest absolute Gasteiger partial charge is 0.208 e. The van der Waals surface area contributed by atoms with Gasteiger partial charge in [-0.2, -0.15) is 0 Å². The number of hydrogen-bond acceptors (Lipinski definition) is 2. The second kappa shape index (κ2) is 6.54. The third-order valence-corrected chi connectivity index (χ3v) is 4.09. The van der Waals surface area contributed by atoms with Crippen molar-refractivity contribution in [2.45, 2.75) is 12.8 Å². The van der Waals surface area contributed by atoms with Crippen LogP contribution >= 0.6 is 0 Å². The standard InChI is InChI=1S/C16H17F2NO2S/c1-11(10-19-22(2,20)21)12-6-8-13(9-7-12)14-4-3-5-15(17)16(14)18/h3-9,11,19H,10H2,1-2H3. The van der Waals surface area contributed by atoms with E-state index in [4.69, 9.17) is 0 Å². The summed E-state index contributed by atoms with van der Waals surface area (Å²) in [5, 5.41) is 0. The number of rotatable bonds is 5.